The topological polar surface area (TPSA) is 72.9 Å². The summed E-state index contributed by atoms with van der Waals surface area (Å²) in [5, 5.41) is 7.61. The van der Waals surface area contributed by atoms with Crippen LogP contribution in [-0.2, 0) is 7.05 Å². The van der Waals surface area contributed by atoms with Gasteiger partial charge in [0.05, 0.1) is 11.9 Å². The zero-order chi connectivity index (χ0) is 13.1. The van der Waals surface area contributed by atoms with Gasteiger partial charge in [0.1, 0.15) is 5.69 Å². The molecule has 1 fully saturated rings. The van der Waals surface area contributed by atoms with Crippen molar-refractivity contribution in [2.75, 3.05) is 12.0 Å². The molecule has 0 bridgehead atoms. The number of hydrogen-bond acceptors (Lipinski definition) is 4. The van der Waals surface area contributed by atoms with Gasteiger partial charge in [0, 0.05) is 18.3 Å². The molecule has 1 aromatic heterocycles. The summed E-state index contributed by atoms with van der Waals surface area (Å²) in [7, 11) is 1.73. The molecule has 100 valence electrons. The molecule has 1 aliphatic carbocycles. The number of anilines is 1. The Morgan fingerprint density at radius 1 is 1.56 bits per heavy atom. The van der Waals surface area contributed by atoms with Crippen molar-refractivity contribution in [3.63, 3.8) is 0 Å². The monoisotopic (exact) mass is 268 g/mol. The summed E-state index contributed by atoms with van der Waals surface area (Å²) in [6.45, 7) is 0. The molecule has 1 heterocycles. The van der Waals surface area contributed by atoms with E-state index in [2.05, 4.69) is 16.7 Å². The quantitative estimate of drug-likeness (QED) is 0.869. The smallest absolute Gasteiger partial charge is 0.271 e. The first-order valence-corrected chi connectivity index (χ1v) is 7.53. The van der Waals surface area contributed by atoms with Gasteiger partial charge in [0.2, 0.25) is 0 Å². The van der Waals surface area contributed by atoms with Crippen LogP contribution >= 0.6 is 11.8 Å². The summed E-state index contributed by atoms with van der Waals surface area (Å²) in [5.74, 6) is -0.113. The lowest BCUT2D eigenvalue weighted by molar-refractivity contribution is 0.0921. The summed E-state index contributed by atoms with van der Waals surface area (Å²) in [6, 6.07) is 0.246. The summed E-state index contributed by atoms with van der Waals surface area (Å²) in [6.07, 6.45) is 8.28. The van der Waals surface area contributed by atoms with E-state index >= 15 is 0 Å². The van der Waals surface area contributed by atoms with Crippen molar-refractivity contribution in [2.45, 2.75) is 37.0 Å². The lowest BCUT2D eigenvalue weighted by atomic mass is 9.94. The number of amides is 1. The predicted molar refractivity (Wildman–Crippen MR) is 74.6 cm³/mol. The molecule has 1 aliphatic rings. The van der Waals surface area contributed by atoms with E-state index in [0.29, 0.717) is 16.6 Å². The number of thioether (sulfide) groups is 1. The minimum Gasteiger partial charge on any atom is -0.396 e. The Kier molecular flexibility index (Phi) is 4.16. The second-order valence-corrected chi connectivity index (χ2v) is 5.79. The zero-order valence-corrected chi connectivity index (χ0v) is 11.7. The Balaban J connectivity index is 2.06. The molecule has 2 unspecified atom stereocenters. The summed E-state index contributed by atoms with van der Waals surface area (Å²) >= 11 is 1.83. The van der Waals surface area contributed by atoms with Crippen molar-refractivity contribution < 1.29 is 4.79 Å². The molecule has 0 radical (unpaired) electrons. The molecule has 0 aromatic carbocycles. The van der Waals surface area contributed by atoms with E-state index in [1.807, 2.05) is 11.8 Å². The van der Waals surface area contributed by atoms with Gasteiger partial charge in [0.25, 0.3) is 5.91 Å². The lowest BCUT2D eigenvalue weighted by Gasteiger charge is -2.30. The number of aryl methyl sites for hydroxylation is 1. The molecule has 0 aliphatic heterocycles. The van der Waals surface area contributed by atoms with Crippen molar-refractivity contribution in [1.82, 2.24) is 15.1 Å². The Bertz CT molecular complexity index is 412. The number of hydrogen-bond donors (Lipinski definition) is 2. The molecule has 18 heavy (non-hydrogen) atoms. The average Bonchev–Trinajstić information content (AvgIpc) is 2.69. The van der Waals surface area contributed by atoms with Crippen LogP contribution in [0.4, 0.5) is 5.69 Å². The minimum absolute atomic E-state index is 0.113. The van der Waals surface area contributed by atoms with Gasteiger partial charge in [-0.15, -0.1) is 0 Å². The SMILES string of the molecule is CSC1CCCCC1NC(=O)c1c(N)cnn1C. The van der Waals surface area contributed by atoms with Gasteiger partial charge in [-0.25, -0.2) is 0 Å². The van der Waals surface area contributed by atoms with Gasteiger partial charge in [-0.1, -0.05) is 12.8 Å². The number of nitrogens with one attached hydrogen (secondary N) is 1. The average molecular weight is 268 g/mol. The highest BCUT2D eigenvalue weighted by Gasteiger charge is 2.27. The molecule has 5 nitrogen and oxygen atoms in total. The molecule has 0 saturated heterocycles. The lowest BCUT2D eigenvalue weighted by Crippen LogP contribution is -2.44. The van der Waals surface area contributed by atoms with E-state index in [4.69, 9.17) is 5.73 Å². The maximum atomic E-state index is 12.2. The van der Waals surface area contributed by atoms with E-state index in [1.165, 1.54) is 30.1 Å². The maximum Gasteiger partial charge on any atom is 0.271 e. The molecular weight excluding hydrogens is 248 g/mol. The number of aromatic nitrogens is 2. The third kappa shape index (κ3) is 2.63. The third-order valence-electron chi connectivity index (χ3n) is 3.50. The Hall–Kier alpha value is -1.17. The van der Waals surface area contributed by atoms with E-state index < -0.39 is 0 Å². The van der Waals surface area contributed by atoms with E-state index in [0.717, 1.165) is 6.42 Å². The predicted octanol–water partition coefficient (Wildman–Crippen LogP) is 1.41. The first-order chi connectivity index (χ1) is 8.63. The number of nitrogens with zero attached hydrogens (tertiary/aromatic N) is 2. The molecular formula is C12H20N4OS. The molecule has 2 atom stereocenters. The van der Waals surface area contributed by atoms with Gasteiger partial charge in [0.15, 0.2) is 0 Å². The van der Waals surface area contributed by atoms with Crippen LogP contribution in [0.15, 0.2) is 6.20 Å². The second-order valence-electron chi connectivity index (χ2n) is 4.71. The normalized spacial score (nSPS) is 23.9. The number of carbonyl (C=O) groups is 1. The van der Waals surface area contributed by atoms with Crippen molar-refractivity contribution in [1.29, 1.82) is 0 Å². The van der Waals surface area contributed by atoms with Crippen LogP contribution < -0.4 is 11.1 Å². The fourth-order valence-corrected chi connectivity index (χ4v) is 3.45. The molecule has 2 rings (SSSR count). The van der Waals surface area contributed by atoms with Crippen molar-refractivity contribution >= 4 is 23.4 Å². The minimum atomic E-state index is -0.113. The standard InChI is InChI=1S/C12H20N4OS/c1-16-11(8(13)7-14-16)12(17)15-9-5-3-4-6-10(9)18-2/h7,9-10H,3-6,13H2,1-2H3,(H,15,17). The van der Waals surface area contributed by atoms with Crippen molar-refractivity contribution in [2.24, 2.45) is 7.05 Å². The van der Waals surface area contributed by atoms with Crippen LogP contribution in [-0.4, -0.2) is 33.2 Å². The van der Waals surface area contributed by atoms with E-state index in [-0.39, 0.29) is 11.9 Å². The summed E-state index contributed by atoms with van der Waals surface area (Å²) < 4.78 is 1.53. The van der Waals surface area contributed by atoms with E-state index in [1.54, 1.807) is 7.05 Å². The van der Waals surface area contributed by atoms with Crippen molar-refractivity contribution in [3.8, 4) is 0 Å². The number of rotatable bonds is 3. The highest BCUT2D eigenvalue weighted by atomic mass is 32.2. The number of carbonyl (C=O) groups excluding carboxylic acids is 1. The molecule has 1 saturated carbocycles. The molecule has 6 heteroatoms. The highest BCUT2D eigenvalue weighted by Crippen LogP contribution is 2.27. The Labute approximate surface area is 111 Å². The summed E-state index contributed by atoms with van der Waals surface area (Å²) in [4.78, 5) is 12.2. The van der Waals surface area contributed by atoms with Crippen LogP contribution in [0.3, 0.4) is 0 Å². The van der Waals surface area contributed by atoms with Crippen LogP contribution in [0.25, 0.3) is 0 Å². The third-order valence-corrected chi connectivity index (χ3v) is 4.67. The van der Waals surface area contributed by atoms with Gasteiger partial charge in [-0.05, 0) is 19.1 Å². The van der Waals surface area contributed by atoms with Gasteiger partial charge in [-0.3, -0.25) is 9.48 Å². The maximum absolute atomic E-state index is 12.2. The van der Waals surface area contributed by atoms with Crippen LogP contribution in [0.5, 0.6) is 0 Å². The van der Waals surface area contributed by atoms with Gasteiger partial charge in [-0.2, -0.15) is 16.9 Å². The molecule has 1 aromatic rings. The molecule has 0 spiro atoms. The van der Waals surface area contributed by atoms with Crippen LogP contribution in [0.2, 0.25) is 0 Å². The molecule has 3 N–H and O–H groups in total. The molecule has 1 amide bonds. The first kappa shape index (κ1) is 13.3. The second kappa shape index (κ2) is 5.65. The van der Waals surface area contributed by atoms with Crippen LogP contribution in [0.1, 0.15) is 36.2 Å². The number of nitrogen functional groups attached to an aromatic ring is 1. The van der Waals surface area contributed by atoms with Crippen molar-refractivity contribution in [3.05, 3.63) is 11.9 Å². The van der Waals surface area contributed by atoms with Gasteiger partial charge < -0.3 is 11.1 Å². The Morgan fingerprint density at radius 3 is 2.89 bits per heavy atom. The largest absolute Gasteiger partial charge is 0.396 e. The Morgan fingerprint density at radius 2 is 2.28 bits per heavy atom. The fraction of sp³-hybridized carbons (Fsp3) is 0.667. The fourth-order valence-electron chi connectivity index (χ4n) is 2.51. The van der Waals surface area contributed by atoms with Gasteiger partial charge >= 0.3 is 0 Å². The zero-order valence-electron chi connectivity index (χ0n) is 10.8. The van der Waals surface area contributed by atoms with Crippen LogP contribution in [0, 0.1) is 0 Å². The van der Waals surface area contributed by atoms with E-state index in [9.17, 15) is 4.79 Å². The first-order valence-electron chi connectivity index (χ1n) is 6.24. The number of nitrogens with two attached hydrogens (primary N) is 1. The summed E-state index contributed by atoms with van der Waals surface area (Å²) in [5.41, 5.74) is 6.66. The highest BCUT2D eigenvalue weighted by molar-refractivity contribution is 7.99.